The van der Waals surface area contributed by atoms with Crippen LogP contribution in [0.5, 0.6) is 11.5 Å². The zero-order valence-electron chi connectivity index (χ0n) is 10.2. The van der Waals surface area contributed by atoms with Crippen LogP contribution < -0.4 is 10.5 Å². The minimum Gasteiger partial charge on any atom is -0.451 e. The zero-order valence-corrected chi connectivity index (χ0v) is 10.2. The van der Waals surface area contributed by atoms with Crippen LogP contribution in [0.4, 0.5) is 13.2 Å². The maximum absolute atomic E-state index is 13.7. The van der Waals surface area contributed by atoms with Gasteiger partial charge in [-0.25, -0.2) is 8.78 Å². The molecule has 0 aliphatic heterocycles. The van der Waals surface area contributed by atoms with E-state index in [4.69, 9.17) is 10.5 Å². The number of halogens is 3. The summed E-state index contributed by atoms with van der Waals surface area (Å²) in [7, 11) is 0. The van der Waals surface area contributed by atoms with E-state index < -0.39 is 17.5 Å². The number of benzene rings is 2. The molecule has 0 aromatic heterocycles. The summed E-state index contributed by atoms with van der Waals surface area (Å²) < 4.78 is 45.1. The predicted octanol–water partition coefficient (Wildman–Crippen LogP) is 3.92. The van der Waals surface area contributed by atoms with Gasteiger partial charge in [0.15, 0.2) is 23.1 Å². The van der Waals surface area contributed by atoms with Crippen LogP contribution in [-0.4, -0.2) is 0 Å². The van der Waals surface area contributed by atoms with Crippen molar-refractivity contribution in [3.05, 3.63) is 59.4 Å². The summed E-state index contributed by atoms with van der Waals surface area (Å²) in [5, 5.41) is 0. The highest BCUT2D eigenvalue weighted by Crippen LogP contribution is 2.29. The summed E-state index contributed by atoms with van der Waals surface area (Å²) in [4.78, 5) is 0. The zero-order chi connectivity index (χ0) is 14.0. The molecular weight excluding hydrogens is 255 g/mol. The molecule has 2 aromatic carbocycles. The molecule has 0 unspecified atom stereocenters. The van der Waals surface area contributed by atoms with Gasteiger partial charge in [0.25, 0.3) is 0 Å². The molecule has 0 bridgehead atoms. The van der Waals surface area contributed by atoms with Crippen LogP contribution in [0.15, 0.2) is 36.4 Å². The molecule has 2 N–H and O–H groups in total. The third kappa shape index (κ3) is 2.88. The fourth-order valence-electron chi connectivity index (χ4n) is 1.56. The quantitative estimate of drug-likeness (QED) is 0.914. The molecule has 0 radical (unpaired) electrons. The Hall–Kier alpha value is -2.01. The molecule has 1 atom stereocenters. The van der Waals surface area contributed by atoms with E-state index in [1.54, 1.807) is 13.0 Å². The fraction of sp³-hybridized carbons (Fsp3) is 0.143. The molecule has 0 heterocycles. The predicted molar refractivity (Wildman–Crippen MR) is 65.4 cm³/mol. The van der Waals surface area contributed by atoms with Crippen LogP contribution in [0.25, 0.3) is 0 Å². The van der Waals surface area contributed by atoms with E-state index in [1.807, 2.05) is 0 Å². The van der Waals surface area contributed by atoms with Crippen molar-refractivity contribution in [1.29, 1.82) is 0 Å². The van der Waals surface area contributed by atoms with Crippen molar-refractivity contribution in [3.8, 4) is 11.5 Å². The van der Waals surface area contributed by atoms with Gasteiger partial charge in [-0.2, -0.15) is 4.39 Å². The lowest BCUT2D eigenvalue weighted by Crippen LogP contribution is -2.05. The molecule has 5 heteroatoms. The van der Waals surface area contributed by atoms with Crippen molar-refractivity contribution in [2.75, 3.05) is 0 Å². The van der Waals surface area contributed by atoms with Crippen LogP contribution in [0.2, 0.25) is 0 Å². The summed E-state index contributed by atoms with van der Waals surface area (Å²) in [6.45, 7) is 1.71. The third-order valence-corrected chi connectivity index (χ3v) is 2.62. The third-order valence-electron chi connectivity index (χ3n) is 2.62. The van der Waals surface area contributed by atoms with E-state index in [0.717, 1.165) is 6.07 Å². The first kappa shape index (κ1) is 13.4. The van der Waals surface area contributed by atoms with Crippen LogP contribution >= 0.6 is 0 Å². The van der Waals surface area contributed by atoms with E-state index >= 15 is 0 Å². The second-order valence-electron chi connectivity index (χ2n) is 4.13. The smallest absolute Gasteiger partial charge is 0.201 e. The lowest BCUT2D eigenvalue weighted by atomic mass is 10.1. The molecule has 100 valence electrons. The highest BCUT2D eigenvalue weighted by Gasteiger charge is 2.13. The summed E-state index contributed by atoms with van der Waals surface area (Å²) in [6, 6.07) is 7.24. The molecule has 2 rings (SSSR count). The van der Waals surface area contributed by atoms with Gasteiger partial charge in [0.05, 0.1) is 0 Å². The van der Waals surface area contributed by atoms with Crippen molar-refractivity contribution >= 4 is 0 Å². The molecule has 0 fully saturated rings. The first-order valence-corrected chi connectivity index (χ1v) is 5.66. The number of rotatable bonds is 3. The lowest BCUT2D eigenvalue weighted by molar-refractivity contribution is 0.396. The SMILES string of the molecule is C[C@H](N)c1ccc(Oc2cccc(F)c2F)c(F)c1. The van der Waals surface area contributed by atoms with Crippen LogP contribution in [0.1, 0.15) is 18.5 Å². The Morgan fingerprint density at radius 1 is 1.00 bits per heavy atom. The van der Waals surface area contributed by atoms with E-state index in [2.05, 4.69) is 0 Å². The molecule has 19 heavy (non-hydrogen) atoms. The average molecular weight is 267 g/mol. The molecule has 0 aliphatic rings. The van der Waals surface area contributed by atoms with Crippen molar-refractivity contribution in [3.63, 3.8) is 0 Å². The molecule has 0 amide bonds. The van der Waals surface area contributed by atoms with Gasteiger partial charge in [0.1, 0.15) is 0 Å². The molecule has 0 aliphatic carbocycles. The van der Waals surface area contributed by atoms with E-state index in [9.17, 15) is 13.2 Å². The number of ether oxygens (including phenoxy) is 1. The molecular formula is C14H12F3NO. The molecule has 2 aromatic rings. The topological polar surface area (TPSA) is 35.2 Å². The van der Waals surface area contributed by atoms with E-state index in [-0.39, 0.29) is 17.5 Å². The largest absolute Gasteiger partial charge is 0.451 e. The Labute approximate surface area is 108 Å². The van der Waals surface area contributed by atoms with Gasteiger partial charge in [-0.15, -0.1) is 0 Å². The second-order valence-corrected chi connectivity index (χ2v) is 4.13. The van der Waals surface area contributed by atoms with Crippen molar-refractivity contribution in [2.24, 2.45) is 5.73 Å². The van der Waals surface area contributed by atoms with Gasteiger partial charge >= 0.3 is 0 Å². The van der Waals surface area contributed by atoms with Gasteiger partial charge in [0, 0.05) is 6.04 Å². The van der Waals surface area contributed by atoms with Gasteiger partial charge in [-0.05, 0) is 36.8 Å². The molecule has 2 nitrogen and oxygen atoms in total. The molecule has 0 saturated carbocycles. The normalized spacial score (nSPS) is 12.3. The van der Waals surface area contributed by atoms with Crippen molar-refractivity contribution < 1.29 is 17.9 Å². The second kappa shape index (κ2) is 5.32. The highest BCUT2D eigenvalue weighted by molar-refractivity contribution is 5.36. The molecule has 0 saturated heterocycles. The Kier molecular flexibility index (Phi) is 3.76. The number of hydrogen-bond acceptors (Lipinski definition) is 2. The first-order chi connectivity index (χ1) is 8.99. The minimum absolute atomic E-state index is 0.186. The Morgan fingerprint density at radius 3 is 2.37 bits per heavy atom. The van der Waals surface area contributed by atoms with E-state index in [1.165, 1.54) is 24.3 Å². The summed E-state index contributed by atoms with van der Waals surface area (Å²) in [6.07, 6.45) is 0. The Balaban J connectivity index is 2.31. The van der Waals surface area contributed by atoms with Gasteiger partial charge in [-0.3, -0.25) is 0 Å². The van der Waals surface area contributed by atoms with Crippen LogP contribution in [0, 0.1) is 17.5 Å². The van der Waals surface area contributed by atoms with Crippen LogP contribution in [-0.2, 0) is 0 Å². The Bertz CT molecular complexity index is 599. The number of hydrogen-bond donors (Lipinski definition) is 1. The summed E-state index contributed by atoms with van der Waals surface area (Å²) >= 11 is 0. The lowest BCUT2D eigenvalue weighted by Gasteiger charge is -2.10. The number of nitrogens with two attached hydrogens (primary N) is 1. The monoisotopic (exact) mass is 267 g/mol. The van der Waals surface area contributed by atoms with Crippen molar-refractivity contribution in [2.45, 2.75) is 13.0 Å². The minimum atomic E-state index is -1.15. The average Bonchev–Trinajstić information content (AvgIpc) is 2.37. The maximum atomic E-state index is 13.7. The fourth-order valence-corrected chi connectivity index (χ4v) is 1.56. The Morgan fingerprint density at radius 2 is 1.74 bits per heavy atom. The summed E-state index contributed by atoms with van der Waals surface area (Å²) in [5.74, 6) is -3.44. The van der Waals surface area contributed by atoms with E-state index in [0.29, 0.717) is 5.56 Å². The molecule has 0 spiro atoms. The maximum Gasteiger partial charge on any atom is 0.201 e. The highest BCUT2D eigenvalue weighted by atomic mass is 19.2. The van der Waals surface area contributed by atoms with Gasteiger partial charge < -0.3 is 10.5 Å². The summed E-state index contributed by atoms with van der Waals surface area (Å²) in [5.41, 5.74) is 6.20. The standard InChI is InChI=1S/C14H12F3NO/c1-8(18)9-5-6-12(11(16)7-9)19-13-4-2-3-10(15)14(13)17/h2-8H,18H2,1H3/t8-/m0/s1. The van der Waals surface area contributed by atoms with Gasteiger partial charge in [-0.1, -0.05) is 12.1 Å². The van der Waals surface area contributed by atoms with Gasteiger partial charge in [0.2, 0.25) is 5.82 Å². The van der Waals surface area contributed by atoms with Crippen molar-refractivity contribution in [1.82, 2.24) is 0 Å². The first-order valence-electron chi connectivity index (χ1n) is 5.66. The van der Waals surface area contributed by atoms with Crippen LogP contribution in [0.3, 0.4) is 0 Å².